The molecule has 0 saturated heterocycles. The zero-order valence-corrected chi connectivity index (χ0v) is 13.2. The molecule has 10 heteroatoms. The zero-order valence-electron chi connectivity index (χ0n) is 12.1. The van der Waals surface area contributed by atoms with Crippen LogP contribution in [0.15, 0.2) is 39.9 Å². The fourth-order valence-corrected chi connectivity index (χ4v) is 1.74. The van der Waals surface area contributed by atoms with Crippen molar-refractivity contribution in [3.05, 3.63) is 35.1 Å². The average molecular weight is 327 g/mol. The van der Waals surface area contributed by atoms with Crippen molar-refractivity contribution in [3.63, 3.8) is 0 Å². The molecule has 10 N–H and O–H groups in total. The van der Waals surface area contributed by atoms with Crippen molar-refractivity contribution in [2.45, 2.75) is 12.8 Å². The van der Waals surface area contributed by atoms with Crippen LogP contribution in [0.1, 0.15) is 12.8 Å². The molecule has 22 heavy (non-hydrogen) atoms. The third-order valence-corrected chi connectivity index (χ3v) is 3.12. The van der Waals surface area contributed by atoms with Crippen molar-refractivity contribution < 1.29 is 9.53 Å². The van der Waals surface area contributed by atoms with Gasteiger partial charge in [0.15, 0.2) is 5.88 Å². The SMILES string of the molecule is N/C=C(NC(=O)NN)\C(COC(N)=CC=NP)=C(/N)C1CC1. The highest BCUT2D eigenvalue weighted by molar-refractivity contribution is 7.15. The van der Waals surface area contributed by atoms with E-state index in [1.807, 2.05) is 5.43 Å². The van der Waals surface area contributed by atoms with E-state index < -0.39 is 6.03 Å². The van der Waals surface area contributed by atoms with E-state index in [1.165, 1.54) is 18.5 Å². The van der Waals surface area contributed by atoms with Gasteiger partial charge in [0.1, 0.15) is 6.61 Å². The first kappa shape index (κ1) is 17.8. The van der Waals surface area contributed by atoms with Gasteiger partial charge in [-0.3, -0.25) is 10.2 Å². The Bertz CT molecular complexity index is 524. The van der Waals surface area contributed by atoms with Crippen LogP contribution in [0.5, 0.6) is 0 Å². The maximum atomic E-state index is 11.4. The Kier molecular flexibility index (Phi) is 7.21. The molecule has 122 valence electrons. The molecule has 1 rings (SSSR count). The van der Waals surface area contributed by atoms with Gasteiger partial charge in [-0.15, -0.1) is 0 Å². The highest BCUT2D eigenvalue weighted by Crippen LogP contribution is 2.36. The van der Waals surface area contributed by atoms with Crippen molar-refractivity contribution >= 4 is 21.6 Å². The summed E-state index contributed by atoms with van der Waals surface area (Å²) in [6.45, 7) is 0.0588. The van der Waals surface area contributed by atoms with Crippen molar-refractivity contribution in [2.24, 2.45) is 33.7 Å². The van der Waals surface area contributed by atoms with Gasteiger partial charge in [0.05, 0.1) is 5.70 Å². The normalized spacial score (nSPS) is 17.2. The van der Waals surface area contributed by atoms with E-state index in [1.54, 1.807) is 0 Å². The Morgan fingerprint density at radius 1 is 1.41 bits per heavy atom. The minimum Gasteiger partial charge on any atom is -0.474 e. The molecule has 0 aromatic heterocycles. The van der Waals surface area contributed by atoms with Crippen LogP contribution in [0.25, 0.3) is 0 Å². The van der Waals surface area contributed by atoms with Gasteiger partial charge in [-0.05, 0) is 28.2 Å². The number of allylic oxidation sites excluding steroid dienone is 2. The number of rotatable bonds is 7. The van der Waals surface area contributed by atoms with Gasteiger partial charge in [0.2, 0.25) is 0 Å². The van der Waals surface area contributed by atoms with Crippen LogP contribution in [0.3, 0.4) is 0 Å². The summed E-state index contributed by atoms with van der Waals surface area (Å²) in [7, 11) is 2.17. The van der Waals surface area contributed by atoms with Crippen LogP contribution in [-0.4, -0.2) is 18.9 Å². The minimum atomic E-state index is -0.614. The lowest BCUT2D eigenvalue weighted by molar-refractivity contribution is 0.234. The first-order valence-electron chi connectivity index (χ1n) is 6.53. The van der Waals surface area contributed by atoms with E-state index in [9.17, 15) is 4.79 Å². The molecule has 1 saturated carbocycles. The summed E-state index contributed by atoms with van der Waals surface area (Å²) in [5.74, 6) is 5.46. The summed E-state index contributed by atoms with van der Waals surface area (Å²) < 4.78 is 9.09. The number of hydrazine groups is 1. The topological polar surface area (TPSA) is 167 Å². The lowest BCUT2D eigenvalue weighted by atomic mass is 10.1. The zero-order chi connectivity index (χ0) is 16.5. The molecule has 2 amide bonds. The fraction of sp³-hybridized carbons (Fsp3) is 0.333. The highest BCUT2D eigenvalue weighted by atomic mass is 31.0. The van der Waals surface area contributed by atoms with E-state index in [0.29, 0.717) is 17.0 Å². The van der Waals surface area contributed by atoms with Gasteiger partial charge < -0.3 is 27.3 Å². The smallest absolute Gasteiger partial charge is 0.333 e. The molecule has 0 radical (unpaired) electrons. The van der Waals surface area contributed by atoms with Gasteiger partial charge in [-0.25, -0.2) is 10.6 Å². The largest absolute Gasteiger partial charge is 0.474 e. The number of hydrogen-bond acceptors (Lipinski definition) is 7. The predicted molar refractivity (Wildman–Crippen MR) is 88.5 cm³/mol. The summed E-state index contributed by atoms with van der Waals surface area (Å²) in [5.41, 5.74) is 20.8. The first-order chi connectivity index (χ1) is 10.5. The minimum absolute atomic E-state index is 0.0588. The second-order valence-electron chi connectivity index (χ2n) is 4.54. The molecule has 0 aromatic carbocycles. The van der Waals surface area contributed by atoms with Crippen LogP contribution < -0.4 is 33.8 Å². The molecule has 1 aliphatic carbocycles. The van der Waals surface area contributed by atoms with Crippen LogP contribution in [0.4, 0.5) is 4.79 Å². The number of nitrogens with two attached hydrogens (primary N) is 4. The number of nitrogens with one attached hydrogen (secondary N) is 2. The maximum Gasteiger partial charge on any atom is 0.333 e. The average Bonchev–Trinajstić information content (AvgIpc) is 3.35. The molecular weight excluding hydrogens is 305 g/mol. The molecule has 0 aromatic rings. The molecular formula is C12H22N7O2P. The van der Waals surface area contributed by atoms with Gasteiger partial charge in [-0.2, -0.15) is 0 Å². The lowest BCUT2D eigenvalue weighted by Crippen LogP contribution is -2.40. The molecule has 1 fully saturated rings. The number of amides is 2. The molecule has 0 spiro atoms. The monoisotopic (exact) mass is 327 g/mol. The molecule has 0 heterocycles. The summed E-state index contributed by atoms with van der Waals surface area (Å²) in [6.07, 6.45) is 6.16. The third kappa shape index (κ3) is 5.63. The molecule has 1 unspecified atom stereocenters. The number of carbonyl (C=O) groups excluding carboxylic acids is 1. The van der Waals surface area contributed by atoms with E-state index in [2.05, 4.69) is 19.5 Å². The second-order valence-corrected chi connectivity index (χ2v) is 4.84. The maximum absolute atomic E-state index is 11.4. The Labute approximate surface area is 131 Å². The van der Waals surface area contributed by atoms with E-state index >= 15 is 0 Å². The number of ether oxygens (including phenoxy) is 1. The Morgan fingerprint density at radius 2 is 2.09 bits per heavy atom. The summed E-state index contributed by atoms with van der Waals surface area (Å²) in [4.78, 5) is 11.4. The van der Waals surface area contributed by atoms with Crippen molar-refractivity contribution in [1.29, 1.82) is 0 Å². The van der Waals surface area contributed by atoms with Crippen molar-refractivity contribution in [1.82, 2.24) is 10.7 Å². The van der Waals surface area contributed by atoms with Gasteiger partial charge in [-0.1, -0.05) is 0 Å². The number of nitrogens with zero attached hydrogens (tertiary/aromatic N) is 1. The van der Waals surface area contributed by atoms with Crippen molar-refractivity contribution in [3.8, 4) is 0 Å². The highest BCUT2D eigenvalue weighted by Gasteiger charge is 2.28. The predicted octanol–water partition coefficient (Wildman–Crippen LogP) is -0.740. The van der Waals surface area contributed by atoms with Crippen LogP contribution in [0, 0.1) is 5.92 Å². The number of urea groups is 1. The lowest BCUT2D eigenvalue weighted by Gasteiger charge is -2.17. The van der Waals surface area contributed by atoms with Gasteiger partial charge in [0.25, 0.3) is 0 Å². The van der Waals surface area contributed by atoms with Gasteiger partial charge in [0, 0.05) is 29.8 Å². The molecule has 9 nitrogen and oxygen atoms in total. The third-order valence-electron chi connectivity index (χ3n) is 2.94. The van der Waals surface area contributed by atoms with Crippen molar-refractivity contribution in [2.75, 3.05) is 6.61 Å². The number of carbonyl (C=O) groups is 1. The second kappa shape index (κ2) is 8.91. The van der Waals surface area contributed by atoms with E-state index in [4.69, 9.17) is 27.8 Å². The van der Waals surface area contributed by atoms with Crippen LogP contribution in [0.2, 0.25) is 0 Å². The summed E-state index contributed by atoms with van der Waals surface area (Å²) >= 11 is 0. The summed E-state index contributed by atoms with van der Waals surface area (Å²) in [5, 5.41) is 2.50. The Hall–Kier alpha value is -2.25. The molecule has 1 aliphatic rings. The molecule has 1 atom stereocenters. The van der Waals surface area contributed by atoms with Crippen LogP contribution >= 0.6 is 9.39 Å². The molecule has 0 bridgehead atoms. The Morgan fingerprint density at radius 3 is 2.59 bits per heavy atom. The van der Waals surface area contributed by atoms with Gasteiger partial charge >= 0.3 is 6.03 Å². The van der Waals surface area contributed by atoms with E-state index in [-0.39, 0.29) is 18.4 Å². The summed E-state index contributed by atoms with van der Waals surface area (Å²) in [6, 6.07) is -0.614. The fourth-order valence-electron chi connectivity index (χ4n) is 1.65. The quantitative estimate of drug-likeness (QED) is 0.0685. The van der Waals surface area contributed by atoms with Crippen LogP contribution in [-0.2, 0) is 4.74 Å². The number of hydrogen-bond donors (Lipinski definition) is 6. The standard InChI is InChI=1S/C12H22N7O2P/c13-5-9(18-12(20)19-16)8(11(15)7-1-2-7)6-21-10(14)3-4-17-22/h3-5,7H,1-2,6,13-16,22H2,(H2,18,19,20)/b9-5+,10-3?,11-8-,17-4?. The molecule has 0 aliphatic heterocycles. The first-order valence-corrected chi connectivity index (χ1v) is 7.05. The Balaban J connectivity index is 2.89. The van der Waals surface area contributed by atoms with E-state index in [0.717, 1.165) is 12.8 Å².